The van der Waals surface area contributed by atoms with E-state index < -0.39 is 0 Å². The average molecular weight is 459 g/mol. The summed E-state index contributed by atoms with van der Waals surface area (Å²) in [5, 5.41) is 8.98. The standard InChI is InChI=1S/C12H17N4OS.C10H6O2.ClH/c1-8-11(3-4-17)18-7-16(8)6-10-5-14-9(2)15-12(10)13;11-9-5-6-10(12)8-4-2-1-3-7(8)9;/h5,7,17H,3-4,6H2,1-2H3,(H2,13,14,15);1-6H;1H/q+1;;/p-1. The van der Waals surface area contributed by atoms with Gasteiger partial charge in [0.1, 0.15) is 11.6 Å². The number of allylic oxidation sites excluding steroid dienone is 2. The SMILES string of the molecule is Cc1ncc(C[n+]2csc(CCO)c2C)c(N)n1.O=C1C=CC(=O)c2ccccc21.[Cl-]. The molecule has 0 atom stereocenters. The van der Waals surface area contributed by atoms with Gasteiger partial charge >= 0.3 is 0 Å². The second-order valence-corrected chi connectivity index (χ2v) is 7.71. The zero-order valence-electron chi connectivity index (χ0n) is 17.2. The molecule has 0 saturated heterocycles. The zero-order chi connectivity index (χ0) is 21.7. The number of anilines is 1. The number of thiazole rings is 1. The minimum Gasteiger partial charge on any atom is -1.00 e. The number of hydrogen-bond acceptors (Lipinski definition) is 7. The van der Waals surface area contributed by atoms with Crippen molar-refractivity contribution in [1.82, 2.24) is 9.97 Å². The van der Waals surface area contributed by atoms with E-state index in [0.717, 1.165) is 11.3 Å². The molecule has 0 fully saturated rings. The maximum atomic E-state index is 11.2. The van der Waals surface area contributed by atoms with E-state index in [0.29, 0.717) is 35.7 Å². The van der Waals surface area contributed by atoms with Crippen molar-refractivity contribution >= 4 is 28.7 Å². The highest BCUT2D eigenvalue weighted by Crippen LogP contribution is 2.16. The van der Waals surface area contributed by atoms with Gasteiger partial charge < -0.3 is 23.2 Å². The topological polar surface area (TPSA) is 110 Å². The smallest absolute Gasteiger partial charge is 0.225 e. The fraction of sp³-hybridized carbons (Fsp3) is 0.227. The number of hydrogen-bond donors (Lipinski definition) is 2. The van der Waals surface area contributed by atoms with Crippen LogP contribution in [0.3, 0.4) is 0 Å². The third-order valence-electron chi connectivity index (χ3n) is 4.70. The number of carbonyl (C=O) groups excluding carboxylic acids is 2. The lowest BCUT2D eigenvalue weighted by Crippen LogP contribution is -3.00. The van der Waals surface area contributed by atoms with Crippen LogP contribution in [0.5, 0.6) is 0 Å². The highest BCUT2D eigenvalue weighted by atomic mass is 35.5. The number of ketones is 2. The summed E-state index contributed by atoms with van der Waals surface area (Å²) >= 11 is 1.65. The number of aromatic nitrogens is 3. The van der Waals surface area contributed by atoms with E-state index >= 15 is 0 Å². The van der Waals surface area contributed by atoms with Crippen LogP contribution >= 0.6 is 11.3 Å². The van der Waals surface area contributed by atoms with Crippen molar-refractivity contribution < 1.29 is 31.7 Å². The Balaban J connectivity index is 0.000000229. The zero-order valence-corrected chi connectivity index (χ0v) is 18.8. The molecule has 1 aliphatic rings. The summed E-state index contributed by atoms with van der Waals surface area (Å²) in [5.74, 6) is 1.03. The lowest BCUT2D eigenvalue weighted by Gasteiger charge is -2.06. The molecule has 162 valence electrons. The van der Waals surface area contributed by atoms with Gasteiger partial charge in [0.2, 0.25) is 5.51 Å². The molecule has 4 rings (SSSR count). The van der Waals surface area contributed by atoms with Gasteiger partial charge in [0.25, 0.3) is 0 Å². The molecule has 0 amide bonds. The van der Waals surface area contributed by atoms with Crippen LogP contribution in [0.25, 0.3) is 0 Å². The molecule has 0 aliphatic heterocycles. The first-order chi connectivity index (χ1) is 14.4. The molecule has 3 aromatic rings. The van der Waals surface area contributed by atoms with E-state index in [4.69, 9.17) is 10.8 Å². The van der Waals surface area contributed by atoms with Crippen LogP contribution < -0.4 is 22.7 Å². The molecule has 1 aliphatic carbocycles. The van der Waals surface area contributed by atoms with Gasteiger partial charge in [-0.15, -0.1) is 0 Å². The predicted molar refractivity (Wildman–Crippen MR) is 115 cm³/mol. The third-order valence-corrected chi connectivity index (χ3v) is 5.84. The predicted octanol–water partition coefficient (Wildman–Crippen LogP) is -0.766. The summed E-state index contributed by atoms with van der Waals surface area (Å²) in [6.45, 7) is 4.71. The average Bonchev–Trinajstić information content (AvgIpc) is 3.07. The number of rotatable bonds is 4. The maximum absolute atomic E-state index is 11.2. The van der Waals surface area contributed by atoms with E-state index in [1.165, 1.54) is 17.0 Å². The van der Waals surface area contributed by atoms with E-state index in [1.54, 1.807) is 41.8 Å². The molecular formula is C22H23ClN4O3S. The van der Waals surface area contributed by atoms with Crippen molar-refractivity contribution in [2.45, 2.75) is 26.8 Å². The second kappa shape index (κ2) is 10.9. The van der Waals surface area contributed by atoms with Gasteiger partial charge in [-0.25, -0.2) is 9.97 Å². The third kappa shape index (κ3) is 5.81. The van der Waals surface area contributed by atoms with Crippen LogP contribution in [0.4, 0.5) is 5.82 Å². The van der Waals surface area contributed by atoms with Crippen LogP contribution in [-0.2, 0) is 13.0 Å². The number of nitrogen functional groups attached to an aromatic ring is 1. The Morgan fingerprint density at radius 2 is 1.71 bits per heavy atom. The number of aliphatic hydroxyl groups is 1. The first-order valence-electron chi connectivity index (χ1n) is 9.41. The van der Waals surface area contributed by atoms with Crippen molar-refractivity contribution in [3.05, 3.63) is 81.2 Å². The van der Waals surface area contributed by atoms with Gasteiger partial charge in [0, 0.05) is 37.3 Å². The number of aryl methyl sites for hydroxylation is 1. The van der Waals surface area contributed by atoms with Crippen molar-refractivity contribution in [2.24, 2.45) is 0 Å². The molecule has 2 heterocycles. The lowest BCUT2D eigenvalue weighted by atomic mass is 9.95. The van der Waals surface area contributed by atoms with Gasteiger partial charge in [-0.1, -0.05) is 35.6 Å². The molecular weight excluding hydrogens is 436 g/mol. The molecule has 0 unspecified atom stereocenters. The second-order valence-electron chi connectivity index (χ2n) is 6.77. The van der Waals surface area contributed by atoms with Crippen molar-refractivity contribution in [3.63, 3.8) is 0 Å². The Morgan fingerprint density at radius 3 is 2.26 bits per heavy atom. The number of nitrogens with zero attached hydrogens (tertiary/aromatic N) is 3. The van der Waals surface area contributed by atoms with Gasteiger partial charge in [-0.05, 0) is 19.1 Å². The van der Waals surface area contributed by atoms with Crippen molar-refractivity contribution in [1.29, 1.82) is 0 Å². The number of aliphatic hydroxyl groups excluding tert-OH is 1. The summed E-state index contributed by atoms with van der Waals surface area (Å²) in [5.41, 5.74) is 11.0. The Hall–Kier alpha value is -2.94. The molecule has 0 radical (unpaired) electrons. The molecule has 9 heteroatoms. The number of fused-ring (bicyclic) bond motifs is 1. The minimum atomic E-state index is -0.0924. The summed E-state index contributed by atoms with van der Waals surface area (Å²) in [4.78, 5) is 31.9. The highest BCUT2D eigenvalue weighted by molar-refractivity contribution is 7.09. The van der Waals surface area contributed by atoms with E-state index in [2.05, 4.69) is 14.5 Å². The van der Waals surface area contributed by atoms with Crippen LogP contribution in [0.2, 0.25) is 0 Å². The minimum absolute atomic E-state index is 0. The van der Waals surface area contributed by atoms with E-state index in [9.17, 15) is 9.59 Å². The fourth-order valence-corrected chi connectivity index (χ4v) is 3.99. The molecule has 1 aromatic carbocycles. The number of benzene rings is 1. The Bertz CT molecular complexity index is 1090. The molecule has 0 saturated carbocycles. The molecule has 2 aromatic heterocycles. The number of carbonyl (C=O) groups is 2. The quantitative estimate of drug-likeness (QED) is 0.497. The normalized spacial score (nSPS) is 12.0. The summed E-state index contributed by atoms with van der Waals surface area (Å²) in [6, 6.07) is 6.84. The number of halogens is 1. The first kappa shape index (κ1) is 24.3. The Morgan fingerprint density at radius 1 is 1.10 bits per heavy atom. The van der Waals surface area contributed by atoms with Crippen molar-refractivity contribution in [3.8, 4) is 0 Å². The largest absolute Gasteiger partial charge is 1.00 e. The molecule has 7 nitrogen and oxygen atoms in total. The monoisotopic (exact) mass is 458 g/mol. The summed E-state index contributed by atoms with van der Waals surface area (Å²) in [6.07, 6.45) is 5.09. The van der Waals surface area contributed by atoms with Crippen LogP contribution in [0.1, 0.15) is 42.7 Å². The van der Waals surface area contributed by atoms with Crippen LogP contribution in [0.15, 0.2) is 48.1 Å². The van der Waals surface area contributed by atoms with Gasteiger partial charge in [-0.3, -0.25) is 9.59 Å². The lowest BCUT2D eigenvalue weighted by molar-refractivity contribution is -0.689. The van der Waals surface area contributed by atoms with Gasteiger partial charge in [-0.2, -0.15) is 4.57 Å². The van der Waals surface area contributed by atoms with E-state index in [1.807, 2.05) is 19.4 Å². The van der Waals surface area contributed by atoms with Gasteiger partial charge in [0.05, 0.1) is 10.4 Å². The molecule has 0 spiro atoms. The van der Waals surface area contributed by atoms with Crippen LogP contribution in [-0.4, -0.2) is 33.2 Å². The fourth-order valence-electron chi connectivity index (χ4n) is 3.01. The molecule has 31 heavy (non-hydrogen) atoms. The van der Waals surface area contributed by atoms with Gasteiger partial charge in [0.15, 0.2) is 23.8 Å². The highest BCUT2D eigenvalue weighted by Gasteiger charge is 2.18. The molecule has 0 bridgehead atoms. The Labute approximate surface area is 190 Å². The summed E-state index contributed by atoms with van der Waals surface area (Å²) < 4.78 is 2.11. The number of nitrogens with two attached hydrogens (primary N) is 1. The van der Waals surface area contributed by atoms with Crippen LogP contribution in [0, 0.1) is 13.8 Å². The maximum Gasteiger partial charge on any atom is 0.225 e. The molecule has 3 N–H and O–H groups in total. The van der Waals surface area contributed by atoms with E-state index in [-0.39, 0.29) is 30.6 Å². The van der Waals surface area contributed by atoms with Crippen molar-refractivity contribution in [2.75, 3.05) is 12.3 Å². The first-order valence-corrected chi connectivity index (χ1v) is 10.3. The summed E-state index contributed by atoms with van der Waals surface area (Å²) in [7, 11) is 0. The Kier molecular flexibility index (Phi) is 8.56.